The first-order valence-electron chi connectivity index (χ1n) is 6.73. The number of epoxide rings is 1. The van der Waals surface area contributed by atoms with E-state index in [4.69, 9.17) is 9.47 Å². The molecule has 0 radical (unpaired) electrons. The predicted molar refractivity (Wildman–Crippen MR) is 77.7 cm³/mol. The van der Waals surface area contributed by atoms with E-state index < -0.39 is 8.07 Å². The Morgan fingerprint density at radius 3 is 2.53 bits per heavy atom. The molecule has 0 unspecified atom stereocenters. The molecule has 0 aromatic carbocycles. The van der Waals surface area contributed by atoms with Crippen molar-refractivity contribution in [1.29, 1.82) is 0 Å². The molecular formula is C14H23NO3Si. The summed E-state index contributed by atoms with van der Waals surface area (Å²) in [6.45, 7) is 8.91. The molecule has 1 aliphatic heterocycles. The zero-order valence-electron chi connectivity index (χ0n) is 12.4. The van der Waals surface area contributed by atoms with Crippen LogP contribution in [0.4, 0.5) is 0 Å². The van der Waals surface area contributed by atoms with Crippen molar-refractivity contribution < 1.29 is 14.6 Å². The van der Waals surface area contributed by atoms with E-state index in [1.165, 1.54) is 0 Å². The molecule has 19 heavy (non-hydrogen) atoms. The van der Waals surface area contributed by atoms with Gasteiger partial charge >= 0.3 is 0 Å². The summed E-state index contributed by atoms with van der Waals surface area (Å²) in [6.07, 6.45) is 0.746. The summed E-state index contributed by atoms with van der Waals surface area (Å²) in [4.78, 5) is 4.57. The van der Waals surface area contributed by atoms with Crippen LogP contribution in [0.1, 0.15) is 18.9 Å². The highest BCUT2D eigenvalue weighted by Crippen LogP contribution is 2.49. The van der Waals surface area contributed by atoms with E-state index in [9.17, 15) is 5.11 Å². The molecule has 0 saturated carbocycles. The number of rotatable bonds is 5. The zero-order valence-corrected chi connectivity index (χ0v) is 13.4. The second-order valence-electron chi connectivity index (χ2n) is 6.07. The zero-order chi connectivity index (χ0) is 14.3. The van der Waals surface area contributed by atoms with Crippen LogP contribution in [0.15, 0.2) is 12.1 Å². The largest absolute Gasteiger partial charge is 0.481 e. The topological polar surface area (TPSA) is 54.9 Å². The fraction of sp³-hybridized carbons (Fsp3) is 0.643. The minimum atomic E-state index is -1.52. The van der Waals surface area contributed by atoms with Crippen LogP contribution in [-0.2, 0) is 10.3 Å². The van der Waals surface area contributed by atoms with Crippen LogP contribution in [0, 0.1) is 0 Å². The van der Waals surface area contributed by atoms with Crippen molar-refractivity contribution in [3.63, 3.8) is 0 Å². The molecule has 2 heterocycles. The number of aromatic nitrogens is 1. The van der Waals surface area contributed by atoms with Crippen molar-refractivity contribution in [3.8, 4) is 5.88 Å². The van der Waals surface area contributed by atoms with Gasteiger partial charge in [-0.2, -0.15) is 0 Å². The number of ether oxygens (including phenoxy) is 2. The van der Waals surface area contributed by atoms with Gasteiger partial charge in [0.1, 0.15) is 19.8 Å². The van der Waals surface area contributed by atoms with E-state index in [2.05, 4.69) is 37.6 Å². The quantitative estimate of drug-likeness (QED) is 0.658. The Morgan fingerprint density at radius 1 is 1.42 bits per heavy atom. The molecule has 106 valence electrons. The number of aliphatic hydroxyl groups is 1. The Morgan fingerprint density at radius 2 is 2.11 bits per heavy atom. The summed E-state index contributed by atoms with van der Waals surface area (Å²) in [6, 6.07) is 4.07. The van der Waals surface area contributed by atoms with Gasteiger partial charge in [-0.3, -0.25) is 0 Å². The molecule has 1 N–H and O–H groups in total. The molecule has 1 aromatic rings. The van der Waals surface area contributed by atoms with Crippen molar-refractivity contribution in [2.45, 2.75) is 44.7 Å². The lowest BCUT2D eigenvalue weighted by atomic mass is 9.94. The van der Waals surface area contributed by atoms with Crippen molar-refractivity contribution >= 4 is 13.4 Å². The first kappa shape index (κ1) is 14.5. The van der Waals surface area contributed by atoms with Crippen molar-refractivity contribution in [2.75, 3.05) is 13.7 Å². The van der Waals surface area contributed by atoms with Gasteiger partial charge in [-0.25, -0.2) is 4.98 Å². The fourth-order valence-corrected chi connectivity index (χ4v) is 3.45. The average molecular weight is 281 g/mol. The SMILES string of the molecule is CC[C@]1(c2cc(OC)nc([Si](C)(C)C)c2)O[C@@H]1CO. The minimum Gasteiger partial charge on any atom is -0.481 e. The first-order valence-corrected chi connectivity index (χ1v) is 10.2. The van der Waals surface area contributed by atoms with Gasteiger partial charge in [0.05, 0.1) is 13.7 Å². The maximum absolute atomic E-state index is 9.33. The highest BCUT2D eigenvalue weighted by molar-refractivity contribution is 6.88. The Kier molecular flexibility index (Phi) is 3.73. The molecule has 0 aliphatic carbocycles. The number of methoxy groups -OCH3 is 1. The van der Waals surface area contributed by atoms with E-state index in [1.807, 2.05) is 6.07 Å². The summed E-state index contributed by atoms with van der Waals surface area (Å²) >= 11 is 0. The van der Waals surface area contributed by atoms with Crippen LogP contribution in [0.2, 0.25) is 19.6 Å². The minimum absolute atomic E-state index is 0.0563. The van der Waals surface area contributed by atoms with E-state index in [0.717, 1.165) is 17.3 Å². The lowest BCUT2D eigenvalue weighted by Gasteiger charge is -2.20. The first-order chi connectivity index (χ1) is 8.87. The second kappa shape index (κ2) is 4.88. The molecule has 1 aromatic heterocycles. The molecule has 0 bridgehead atoms. The molecule has 2 atom stereocenters. The number of hydrogen-bond donors (Lipinski definition) is 1. The molecule has 1 saturated heterocycles. The van der Waals surface area contributed by atoms with Gasteiger partial charge in [-0.15, -0.1) is 0 Å². The summed E-state index contributed by atoms with van der Waals surface area (Å²) in [5.74, 6) is 0.634. The normalized spacial score (nSPS) is 26.3. The summed E-state index contributed by atoms with van der Waals surface area (Å²) in [7, 11) is 0.117. The fourth-order valence-electron chi connectivity index (χ4n) is 2.41. The molecule has 1 aliphatic rings. The van der Waals surface area contributed by atoms with Gasteiger partial charge in [0.2, 0.25) is 5.88 Å². The maximum Gasteiger partial charge on any atom is 0.213 e. The number of hydrogen-bond acceptors (Lipinski definition) is 4. The van der Waals surface area contributed by atoms with Crippen LogP contribution in [0.3, 0.4) is 0 Å². The maximum atomic E-state index is 9.33. The monoisotopic (exact) mass is 281 g/mol. The van der Waals surface area contributed by atoms with Crippen molar-refractivity contribution in [2.24, 2.45) is 0 Å². The van der Waals surface area contributed by atoms with Crippen LogP contribution < -0.4 is 10.1 Å². The number of pyridine rings is 1. The smallest absolute Gasteiger partial charge is 0.213 e. The van der Waals surface area contributed by atoms with E-state index in [-0.39, 0.29) is 18.3 Å². The second-order valence-corrected chi connectivity index (χ2v) is 11.1. The lowest BCUT2D eigenvalue weighted by molar-refractivity contribution is 0.233. The van der Waals surface area contributed by atoms with Crippen molar-refractivity contribution in [3.05, 3.63) is 17.7 Å². The van der Waals surface area contributed by atoms with Gasteiger partial charge in [-0.05, 0) is 18.1 Å². The highest BCUT2D eigenvalue weighted by Gasteiger charge is 2.56. The number of aliphatic hydroxyl groups excluding tert-OH is 1. The molecule has 0 spiro atoms. The standard InChI is InChI=1S/C14H23NO3Si/c1-6-14(11(9-16)18-14)10-7-12(17-2)15-13(8-10)19(3,4)5/h7-8,11,16H,6,9H2,1-5H3/t11-,14-/m1/s1. The van der Waals surface area contributed by atoms with Gasteiger partial charge in [0.15, 0.2) is 0 Å². The third-order valence-electron chi connectivity index (χ3n) is 3.77. The number of nitrogens with zero attached hydrogens (tertiary/aromatic N) is 1. The van der Waals surface area contributed by atoms with Gasteiger partial charge in [0, 0.05) is 11.4 Å². The summed E-state index contributed by atoms with van der Waals surface area (Å²) < 4.78 is 11.1. The molecular weight excluding hydrogens is 258 g/mol. The third kappa shape index (κ3) is 2.55. The third-order valence-corrected chi connectivity index (χ3v) is 5.57. The Balaban J connectivity index is 2.46. The van der Waals surface area contributed by atoms with Gasteiger partial charge in [0.25, 0.3) is 0 Å². The van der Waals surface area contributed by atoms with Crippen molar-refractivity contribution in [1.82, 2.24) is 4.98 Å². The summed E-state index contributed by atoms with van der Waals surface area (Å²) in [5.41, 5.74) is 0.734. The Bertz CT molecular complexity index is 472. The summed E-state index contributed by atoms with van der Waals surface area (Å²) in [5, 5.41) is 10.4. The van der Waals surface area contributed by atoms with Crippen LogP contribution >= 0.6 is 0 Å². The van der Waals surface area contributed by atoms with E-state index >= 15 is 0 Å². The van der Waals surface area contributed by atoms with Gasteiger partial charge < -0.3 is 14.6 Å². The van der Waals surface area contributed by atoms with E-state index in [1.54, 1.807) is 7.11 Å². The highest BCUT2D eigenvalue weighted by atomic mass is 28.3. The Labute approximate surface area is 115 Å². The van der Waals surface area contributed by atoms with E-state index in [0.29, 0.717) is 5.88 Å². The molecule has 4 nitrogen and oxygen atoms in total. The average Bonchev–Trinajstić information content (AvgIpc) is 3.12. The molecule has 1 fully saturated rings. The van der Waals surface area contributed by atoms with Crippen LogP contribution in [-0.4, -0.2) is 38.0 Å². The lowest BCUT2D eigenvalue weighted by Crippen LogP contribution is -2.40. The molecule has 5 heteroatoms. The Hall–Kier alpha value is -0.913. The van der Waals surface area contributed by atoms with Crippen LogP contribution in [0.5, 0.6) is 5.88 Å². The molecule has 2 rings (SSSR count). The van der Waals surface area contributed by atoms with Gasteiger partial charge in [-0.1, -0.05) is 26.6 Å². The van der Waals surface area contributed by atoms with Crippen LogP contribution in [0.25, 0.3) is 0 Å². The predicted octanol–water partition coefficient (Wildman–Crippen LogP) is 1.63. The molecule has 0 amide bonds.